The van der Waals surface area contributed by atoms with Crippen molar-refractivity contribution in [2.75, 3.05) is 13.1 Å². The lowest BCUT2D eigenvalue weighted by Crippen LogP contribution is -2.51. The van der Waals surface area contributed by atoms with Gasteiger partial charge in [0.1, 0.15) is 0 Å². The van der Waals surface area contributed by atoms with Gasteiger partial charge in [0.25, 0.3) is 0 Å². The predicted octanol–water partition coefficient (Wildman–Crippen LogP) is 0.221. The van der Waals surface area contributed by atoms with Crippen LogP contribution in [0.5, 0.6) is 0 Å². The maximum absolute atomic E-state index is 12.0. The summed E-state index contributed by atoms with van der Waals surface area (Å²) in [6.07, 6.45) is 4.59. The minimum absolute atomic E-state index is 0.108. The van der Waals surface area contributed by atoms with Gasteiger partial charge in [-0.05, 0) is 32.4 Å². The standard InChI is InChI=1S/C12H20N4O/c1-12(6-3-7-14-12)11(17)13-8-4-10-5-9-15-16(10)2/h5,9,14H,3-4,6-8H2,1-2H3,(H,13,17). The normalized spacial score (nSPS) is 23.9. The maximum Gasteiger partial charge on any atom is 0.240 e. The molecule has 2 heterocycles. The van der Waals surface area contributed by atoms with Crippen molar-refractivity contribution in [3.8, 4) is 0 Å². The van der Waals surface area contributed by atoms with Crippen molar-refractivity contribution in [3.05, 3.63) is 18.0 Å². The van der Waals surface area contributed by atoms with E-state index in [9.17, 15) is 4.79 Å². The van der Waals surface area contributed by atoms with Crippen LogP contribution in [0.1, 0.15) is 25.5 Å². The zero-order chi connectivity index (χ0) is 12.3. The Hall–Kier alpha value is -1.36. The van der Waals surface area contributed by atoms with E-state index in [0.717, 1.165) is 31.5 Å². The number of amides is 1. The molecule has 0 saturated carbocycles. The topological polar surface area (TPSA) is 59.0 Å². The van der Waals surface area contributed by atoms with Crippen molar-refractivity contribution in [3.63, 3.8) is 0 Å². The van der Waals surface area contributed by atoms with Gasteiger partial charge in [0.05, 0.1) is 5.54 Å². The molecule has 17 heavy (non-hydrogen) atoms. The molecule has 2 rings (SSSR count). The molecule has 1 fully saturated rings. The second-order valence-corrected chi connectivity index (χ2v) is 4.81. The van der Waals surface area contributed by atoms with Crippen molar-refractivity contribution in [1.82, 2.24) is 20.4 Å². The zero-order valence-corrected chi connectivity index (χ0v) is 10.5. The number of hydrogen-bond donors (Lipinski definition) is 2. The molecule has 0 bridgehead atoms. The average molecular weight is 236 g/mol. The fourth-order valence-corrected chi connectivity index (χ4v) is 2.23. The summed E-state index contributed by atoms with van der Waals surface area (Å²) < 4.78 is 1.84. The molecule has 0 radical (unpaired) electrons. The molecule has 1 aromatic heterocycles. The van der Waals surface area contributed by atoms with Crippen LogP contribution in [-0.4, -0.2) is 34.3 Å². The van der Waals surface area contributed by atoms with Gasteiger partial charge in [-0.15, -0.1) is 0 Å². The molecule has 1 unspecified atom stereocenters. The van der Waals surface area contributed by atoms with Crippen molar-refractivity contribution >= 4 is 5.91 Å². The fourth-order valence-electron chi connectivity index (χ4n) is 2.23. The van der Waals surface area contributed by atoms with E-state index >= 15 is 0 Å². The van der Waals surface area contributed by atoms with E-state index in [2.05, 4.69) is 15.7 Å². The predicted molar refractivity (Wildman–Crippen MR) is 65.6 cm³/mol. The third-order valence-electron chi connectivity index (χ3n) is 3.46. The smallest absolute Gasteiger partial charge is 0.240 e. The van der Waals surface area contributed by atoms with Crippen LogP contribution in [-0.2, 0) is 18.3 Å². The highest BCUT2D eigenvalue weighted by molar-refractivity contribution is 5.86. The summed E-state index contributed by atoms with van der Waals surface area (Å²) in [5, 5.41) is 10.3. The number of rotatable bonds is 4. The van der Waals surface area contributed by atoms with Crippen molar-refractivity contribution in [1.29, 1.82) is 0 Å². The molecule has 5 nitrogen and oxygen atoms in total. The second kappa shape index (κ2) is 4.87. The van der Waals surface area contributed by atoms with Crippen molar-refractivity contribution in [2.24, 2.45) is 7.05 Å². The number of nitrogens with one attached hydrogen (secondary N) is 2. The van der Waals surface area contributed by atoms with Gasteiger partial charge in [-0.1, -0.05) is 0 Å². The Bertz CT molecular complexity index is 393. The molecule has 5 heteroatoms. The molecule has 1 saturated heterocycles. The van der Waals surface area contributed by atoms with E-state index in [1.165, 1.54) is 0 Å². The van der Waals surface area contributed by atoms with Gasteiger partial charge in [0.2, 0.25) is 5.91 Å². The Morgan fingerprint density at radius 1 is 1.71 bits per heavy atom. The lowest BCUT2D eigenvalue weighted by Gasteiger charge is -2.22. The quantitative estimate of drug-likeness (QED) is 0.786. The molecule has 0 aromatic carbocycles. The number of aromatic nitrogens is 2. The Morgan fingerprint density at radius 2 is 2.53 bits per heavy atom. The lowest BCUT2D eigenvalue weighted by atomic mass is 9.99. The largest absolute Gasteiger partial charge is 0.354 e. The van der Waals surface area contributed by atoms with Gasteiger partial charge in [-0.25, -0.2) is 0 Å². The number of hydrogen-bond acceptors (Lipinski definition) is 3. The molecule has 1 aliphatic heterocycles. The summed E-state index contributed by atoms with van der Waals surface area (Å²) in [7, 11) is 1.91. The first-order valence-corrected chi connectivity index (χ1v) is 6.12. The van der Waals surface area contributed by atoms with Crippen LogP contribution in [0.25, 0.3) is 0 Å². The van der Waals surface area contributed by atoms with Crippen LogP contribution in [0.3, 0.4) is 0 Å². The molecule has 1 aromatic rings. The first-order valence-electron chi connectivity index (χ1n) is 6.12. The van der Waals surface area contributed by atoms with E-state index < -0.39 is 0 Å². The van der Waals surface area contributed by atoms with Crippen LogP contribution in [0.2, 0.25) is 0 Å². The first kappa shape index (κ1) is 12.1. The maximum atomic E-state index is 12.0. The molecular weight excluding hydrogens is 216 g/mol. The third kappa shape index (κ3) is 2.66. The summed E-state index contributed by atoms with van der Waals surface area (Å²) in [4.78, 5) is 12.0. The van der Waals surface area contributed by atoms with Gasteiger partial charge in [-0.3, -0.25) is 9.48 Å². The number of aryl methyl sites for hydroxylation is 1. The van der Waals surface area contributed by atoms with E-state index in [4.69, 9.17) is 0 Å². The molecule has 0 aliphatic carbocycles. The van der Waals surface area contributed by atoms with Crippen LogP contribution < -0.4 is 10.6 Å². The molecule has 94 valence electrons. The van der Waals surface area contributed by atoms with Crippen LogP contribution in [0.15, 0.2) is 12.3 Å². The van der Waals surface area contributed by atoms with Gasteiger partial charge in [0, 0.05) is 31.9 Å². The number of nitrogens with zero attached hydrogens (tertiary/aromatic N) is 2. The zero-order valence-electron chi connectivity index (χ0n) is 10.5. The molecule has 1 atom stereocenters. The fraction of sp³-hybridized carbons (Fsp3) is 0.667. The van der Waals surface area contributed by atoms with Crippen LogP contribution in [0.4, 0.5) is 0 Å². The Morgan fingerprint density at radius 3 is 3.12 bits per heavy atom. The highest BCUT2D eigenvalue weighted by atomic mass is 16.2. The number of carbonyl (C=O) groups is 1. The summed E-state index contributed by atoms with van der Waals surface area (Å²) in [6, 6.07) is 1.97. The SMILES string of the molecule is Cn1nccc1CCNC(=O)C1(C)CCCN1. The summed E-state index contributed by atoms with van der Waals surface area (Å²) in [5.74, 6) is 0.108. The lowest BCUT2D eigenvalue weighted by molar-refractivity contribution is -0.126. The molecule has 2 N–H and O–H groups in total. The van der Waals surface area contributed by atoms with Gasteiger partial charge >= 0.3 is 0 Å². The molecule has 1 amide bonds. The first-order chi connectivity index (χ1) is 8.12. The monoisotopic (exact) mass is 236 g/mol. The summed E-state index contributed by atoms with van der Waals surface area (Å²) in [6.45, 7) is 3.57. The van der Waals surface area contributed by atoms with Crippen LogP contribution >= 0.6 is 0 Å². The Kier molecular flexibility index (Phi) is 3.47. The van der Waals surface area contributed by atoms with Gasteiger partial charge < -0.3 is 10.6 Å². The molecule has 1 aliphatic rings. The average Bonchev–Trinajstić information content (AvgIpc) is 2.89. The minimum Gasteiger partial charge on any atom is -0.354 e. The second-order valence-electron chi connectivity index (χ2n) is 4.81. The minimum atomic E-state index is -0.369. The van der Waals surface area contributed by atoms with Crippen molar-refractivity contribution < 1.29 is 4.79 Å². The summed E-state index contributed by atoms with van der Waals surface area (Å²) in [5.41, 5.74) is 0.766. The highest BCUT2D eigenvalue weighted by Crippen LogP contribution is 2.18. The molecule has 0 spiro atoms. The van der Waals surface area contributed by atoms with E-state index in [-0.39, 0.29) is 11.4 Å². The molecular formula is C12H20N4O. The number of carbonyl (C=O) groups excluding carboxylic acids is 1. The Labute approximate surface area is 102 Å². The van der Waals surface area contributed by atoms with Crippen LogP contribution in [0, 0.1) is 0 Å². The summed E-state index contributed by atoms with van der Waals surface area (Å²) >= 11 is 0. The van der Waals surface area contributed by atoms with E-state index in [1.807, 2.05) is 24.7 Å². The van der Waals surface area contributed by atoms with Gasteiger partial charge in [0.15, 0.2) is 0 Å². The van der Waals surface area contributed by atoms with E-state index in [1.54, 1.807) is 6.20 Å². The van der Waals surface area contributed by atoms with E-state index in [0.29, 0.717) is 6.54 Å². The van der Waals surface area contributed by atoms with Crippen molar-refractivity contribution in [2.45, 2.75) is 31.7 Å². The highest BCUT2D eigenvalue weighted by Gasteiger charge is 2.35. The third-order valence-corrected chi connectivity index (χ3v) is 3.46. The van der Waals surface area contributed by atoms with Gasteiger partial charge in [-0.2, -0.15) is 5.10 Å². The Balaban J connectivity index is 1.79.